The summed E-state index contributed by atoms with van der Waals surface area (Å²) in [6, 6.07) is 7.96. The van der Waals surface area contributed by atoms with E-state index in [9.17, 15) is 4.79 Å². The maximum atomic E-state index is 12.6. The summed E-state index contributed by atoms with van der Waals surface area (Å²) in [5.41, 5.74) is 7.15. The van der Waals surface area contributed by atoms with E-state index >= 15 is 0 Å². The Morgan fingerprint density at radius 1 is 1.21 bits per heavy atom. The quantitative estimate of drug-likeness (QED) is 0.811. The molecule has 0 bridgehead atoms. The lowest BCUT2D eigenvalue weighted by atomic mass is 9.71. The van der Waals surface area contributed by atoms with Crippen LogP contribution in [0.15, 0.2) is 24.3 Å². The summed E-state index contributed by atoms with van der Waals surface area (Å²) in [7, 11) is 1.88. The minimum atomic E-state index is 0. The number of hydrogen-bond donors (Lipinski definition) is 1. The summed E-state index contributed by atoms with van der Waals surface area (Å²) in [5.74, 6) is 1.07. The highest BCUT2D eigenvalue weighted by atomic mass is 35.5. The molecule has 0 saturated heterocycles. The van der Waals surface area contributed by atoms with Gasteiger partial charge in [0.05, 0.1) is 6.61 Å². The predicted octanol–water partition coefficient (Wildman–Crippen LogP) is 3.76. The van der Waals surface area contributed by atoms with Gasteiger partial charge in [-0.2, -0.15) is 0 Å². The maximum absolute atomic E-state index is 12.6. The molecule has 1 aromatic rings. The molecule has 0 aromatic heterocycles. The third-order valence-corrected chi connectivity index (χ3v) is 4.95. The SMILES string of the molecule is CCOc1ccc(CN(C)C(=O)CC2(CN)CCCCC2)cc1.Cl. The van der Waals surface area contributed by atoms with E-state index in [1.807, 2.05) is 43.1 Å². The fourth-order valence-electron chi connectivity index (χ4n) is 3.43. The van der Waals surface area contributed by atoms with Gasteiger partial charge in [-0.05, 0) is 49.4 Å². The fraction of sp³-hybridized carbons (Fsp3) is 0.632. The maximum Gasteiger partial charge on any atom is 0.223 e. The van der Waals surface area contributed by atoms with Crippen LogP contribution in [0.3, 0.4) is 0 Å². The third kappa shape index (κ3) is 5.67. The summed E-state index contributed by atoms with van der Waals surface area (Å²) in [4.78, 5) is 14.4. The van der Waals surface area contributed by atoms with Gasteiger partial charge in [0.25, 0.3) is 0 Å². The van der Waals surface area contributed by atoms with Crippen LogP contribution in [0.4, 0.5) is 0 Å². The second kappa shape index (κ2) is 9.90. The minimum Gasteiger partial charge on any atom is -0.494 e. The van der Waals surface area contributed by atoms with E-state index < -0.39 is 0 Å². The van der Waals surface area contributed by atoms with E-state index in [1.54, 1.807) is 0 Å². The molecule has 1 aliphatic carbocycles. The van der Waals surface area contributed by atoms with Crippen molar-refractivity contribution in [3.63, 3.8) is 0 Å². The van der Waals surface area contributed by atoms with Crippen molar-refractivity contribution in [3.8, 4) is 5.75 Å². The van der Waals surface area contributed by atoms with Gasteiger partial charge in [-0.3, -0.25) is 4.79 Å². The van der Waals surface area contributed by atoms with E-state index in [0.29, 0.717) is 26.1 Å². The highest BCUT2D eigenvalue weighted by Crippen LogP contribution is 2.38. The first-order chi connectivity index (χ1) is 11.1. The van der Waals surface area contributed by atoms with Crippen molar-refractivity contribution in [2.45, 2.75) is 52.0 Å². The van der Waals surface area contributed by atoms with Gasteiger partial charge in [-0.25, -0.2) is 0 Å². The Morgan fingerprint density at radius 2 is 1.83 bits per heavy atom. The van der Waals surface area contributed by atoms with Crippen molar-refractivity contribution in [1.82, 2.24) is 4.90 Å². The van der Waals surface area contributed by atoms with Crippen LogP contribution in [-0.4, -0.2) is 31.0 Å². The highest BCUT2D eigenvalue weighted by molar-refractivity contribution is 5.85. The van der Waals surface area contributed by atoms with Gasteiger partial charge in [0.2, 0.25) is 5.91 Å². The zero-order chi connectivity index (χ0) is 16.7. The van der Waals surface area contributed by atoms with Crippen molar-refractivity contribution in [2.24, 2.45) is 11.1 Å². The molecular formula is C19H31ClN2O2. The lowest BCUT2D eigenvalue weighted by Gasteiger charge is -2.36. The summed E-state index contributed by atoms with van der Waals surface area (Å²) < 4.78 is 5.45. The average molecular weight is 355 g/mol. The van der Waals surface area contributed by atoms with Gasteiger partial charge in [0.1, 0.15) is 5.75 Å². The van der Waals surface area contributed by atoms with Gasteiger partial charge in [0.15, 0.2) is 0 Å². The Bertz CT molecular complexity index is 499. The molecule has 1 fully saturated rings. The number of ether oxygens (including phenoxy) is 1. The number of halogens is 1. The third-order valence-electron chi connectivity index (χ3n) is 4.95. The molecule has 1 aliphatic rings. The first kappa shape index (κ1) is 20.8. The molecular weight excluding hydrogens is 324 g/mol. The van der Waals surface area contributed by atoms with Crippen molar-refractivity contribution < 1.29 is 9.53 Å². The normalized spacial score (nSPS) is 16.1. The topological polar surface area (TPSA) is 55.6 Å². The molecule has 0 atom stereocenters. The van der Waals surface area contributed by atoms with Gasteiger partial charge < -0.3 is 15.4 Å². The van der Waals surface area contributed by atoms with Crippen LogP contribution in [0.25, 0.3) is 0 Å². The zero-order valence-corrected chi connectivity index (χ0v) is 15.7. The molecule has 1 aromatic carbocycles. The van der Waals surface area contributed by atoms with Crippen molar-refractivity contribution >= 4 is 18.3 Å². The number of carbonyl (C=O) groups is 1. The predicted molar refractivity (Wildman–Crippen MR) is 101 cm³/mol. The van der Waals surface area contributed by atoms with E-state index in [1.165, 1.54) is 19.3 Å². The first-order valence-corrected chi connectivity index (χ1v) is 8.74. The Balaban J connectivity index is 0.00000288. The Kier molecular flexibility index (Phi) is 8.57. The molecule has 24 heavy (non-hydrogen) atoms. The Labute approximate surface area is 152 Å². The second-order valence-corrected chi connectivity index (χ2v) is 6.77. The summed E-state index contributed by atoms with van der Waals surface area (Å²) in [6.45, 7) is 3.89. The fourth-order valence-corrected chi connectivity index (χ4v) is 3.43. The van der Waals surface area contributed by atoms with Gasteiger partial charge in [-0.15, -0.1) is 12.4 Å². The number of nitrogens with two attached hydrogens (primary N) is 1. The molecule has 0 unspecified atom stereocenters. The summed E-state index contributed by atoms with van der Waals surface area (Å²) >= 11 is 0. The lowest BCUT2D eigenvalue weighted by molar-refractivity contribution is -0.133. The molecule has 1 saturated carbocycles. The number of benzene rings is 1. The first-order valence-electron chi connectivity index (χ1n) is 8.74. The molecule has 0 aliphatic heterocycles. The molecule has 1 amide bonds. The number of carbonyl (C=O) groups excluding carboxylic acids is 1. The lowest BCUT2D eigenvalue weighted by Crippen LogP contribution is -2.39. The Morgan fingerprint density at radius 3 is 2.38 bits per heavy atom. The van der Waals surface area contributed by atoms with Crippen molar-refractivity contribution in [1.29, 1.82) is 0 Å². The van der Waals surface area contributed by atoms with E-state index in [0.717, 1.165) is 24.2 Å². The van der Waals surface area contributed by atoms with Crippen LogP contribution in [0, 0.1) is 5.41 Å². The van der Waals surface area contributed by atoms with E-state index in [2.05, 4.69) is 0 Å². The number of nitrogens with zero attached hydrogens (tertiary/aromatic N) is 1. The molecule has 2 N–H and O–H groups in total. The molecule has 136 valence electrons. The summed E-state index contributed by atoms with van der Waals surface area (Å²) in [6.07, 6.45) is 6.44. The Hall–Kier alpha value is -1.26. The van der Waals surface area contributed by atoms with Crippen molar-refractivity contribution in [3.05, 3.63) is 29.8 Å². The smallest absolute Gasteiger partial charge is 0.223 e. The van der Waals surface area contributed by atoms with Crippen LogP contribution in [0.1, 0.15) is 51.0 Å². The largest absolute Gasteiger partial charge is 0.494 e. The van der Waals surface area contributed by atoms with E-state index in [-0.39, 0.29) is 23.7 Å². The van der Waals surface area contributed by atoms with Crippen molar-refractivity contribution in [2.75, 3.05) is 20.2 Å². The molecule has 0 heterocycles. The monoisotopic (exact) mass is 354 g/mol. The van der Waals surface area contributed by atoms with Gasteiger partial charge >= 0.3 is 0 Å². The van der Waals surface area contributed by atoms with Crippen LogP contribution in [0.5, 0.6) is 5.75 Å². The zero-order valence-electron chi connectivity index (χ0n) is 14.9. The van der Waals surface area contributed by atoms with Crippen LogP contribution in [0.2, 0.25) is 0 Å². The average Bonchev–Trinajstić information content (AvgIpc) is 2.57. The van der Waals surface area contributed by atoms with Gasteiger partial charge in [-0.1, -0.05) is 31.4 Å². The van der Waals surface area contributed by atoms with Crippen LogP contribution < -0.4 is 10.5 Å². The standard InChI is InChI=1S/C19H30N2O2.ClH/c1-3-23-17-9-7-16(8-10-17)14-21(2)18(22)13-19(15-20)11-5-4-6-12-19;/h7-10H,3-6,11-15,20H2,1-2H3;1H. The van der Waals surface area contributed by atoms with Crippen LogP contribution in [-0.2, 0) is 11.3 Å². The minimum absolute atomic E-state index is 0. The number of rotatable bonds is 7. The molecule has 5 heteroatoms. The molecule has 4 nitrogen and oxygen atoms in total. The van der Waals surface area contributed by atoms with Crippen LogP contribution >= 0.6 is 12.4 Å². The van der Waals surface area contributed by atoms with E-state index in [4.69, 9.17) is 10.5 Å². The summed E-state index contributed by atoms with van der Waals surface area (Å²) in [5, 5.41) is 0. The van der Waals surface area contributed by atoms with Gasteiger partial charge in [0, 0.05) is 20.0 Å². The molecule has 0 radical (unpaired) electrons. The molecule has 2 rings (SSSR count). The number of hydrogen-bond acceptors (Lipinski definition) is 3. The second-order valence-electron chi connectivity index (χ2n) is 6.77. The highest BCUT2D eigenvalue weighted by Gasteiger charge is 2.33. The number of amides is 1. The molecule has 0 spiro atoms.